The third kappa shape index (κ3) is 3.45. The maximum Gasteiger partial charge on any atom is 0.286 e. The van der Waals surface area contributed by atoms with E-state index >= 15 is 0 Å². The first-order chi connectivity index (χ1) is 13.9. The van der Waals surface area contributed by atoms with Gasteiger partial charge in [-0.2, -0.15) is 0 Å². The van der Waals surface area contributed by atoms with E-state index in [9.17, 15) is 14.4 Å². The van der Waals surface area contributed by atoms with Crippen molar-refractivity contribution in [1.82, 2.24) is 9.80 Å². The topological polar surface area (TPSA) is 70.1 Å². The largest absolute Gasteiger partial charge is 0.286 e. The van der Waals surface area contributed by atoms with Crippen molar-refractivity contribution in [1.29, 1.82) is 0 Å². The van der Waals surface area contributed by atoms with E-state index in [0.717, 1.165) is 10.5 Å². The van der Waals surface area contributed by atoms with Crippen molar-refractivity contribution in [2.24, 2.45) is 4.99 Å². The third-order valence-corrected chi connectivity index (χ3v) is 5.35. The van der Waals surface area contributed by atoms with Crippen LogP contribution in [0.5, 0.6) is 0 Å². The van der Waals surface area contributed by atoms with Crippen LogP contribution in [0.4, 0.5) is 0 Å². The molecule has 0 aliphatic carbocycles. The lowest BCUT2D eigenvalue weighted by Crippen LogP contribution is -2.40. The van der Waals surface area contributed by atoms with Crippen LogP contribution in [-0.2, 0) is 20.8 Å². The molecular weight excluding hydrogens is 413 g/mol. The molecule has 1 saturated heterocycles. The summed E-state index contributed by atoms with van der Waals surface area (Å²) in [5, 5.41) is 1.03. The molecule has 1 fully saturated rings. The van der Waals surface area contributed by atoms with Gasteiger partial charge in [-0.3, -0.25) is 19.3 Å². The highest BCUT2D eigenvalue weighted by Crippen LogP contribution is 2.30. The van der Waals surface area contributed by atoms with Gasteiger partial charge in [0, 0.05) is 23.4 Å². The Morgan fingerprint density at radius 1 is 1.10 bits per heavy atom. The van der Waals surface area contributed by atoms with E-state index in [1.54, 1.807) is 48.5 Å². The molecule has 2 heterocycles. The number of guanidine groups is 1. The van der Waals surface area contributed by atoms with Crippen LogP contribution in [0.3, 0.4) is 0 Å². The number of rotatable bonds is 3. The molecule has 8 heteroatoms. The number of fused-ring (bicyclic) bond motifs is 1. The Morgan fingerprint density at radius 3 is 2.45 bits per heavy atom. The zero-order chi connectivity index (χ0) is 20.7. The standard InChI is InChI=1S/C21H15Cl2N3O3/c1-12(27)25-18(10-13-6-8-15(22)9-7-13)20(29)26-19(28)17(24-21(25)26)11-14-4-2-3-5-16(14)23/h2-9,11,18H,10H2,1H3/b17-11-. The van der Waals surface area contributed by atoms with Gasteiger partial charge in [-0.15, -0.1) is 0 Å². The Balaban J connectivity index is 1.70. The van der Waals surface area contributed by atoms with E-state index in [1.807, 2.05) is 0 Å². The molecule has 0 bridgehead atoms. The Kier molecular flexibility index (Phi) is 4.98. The minimum atomic E-state index is -0.835. The molecular formula is C21H15Cl2N3O3. The summed E-state index contributed by atoms with van der Waals surface area (Å²) in [6.45, 7) is 1.34. The first-order valence-electron chi connectivity index (χ1n) is 8.84. The molecule has 6 nitrogen and oxygen atoms in total. The first kappa shape index (κ1) is 19.4. The lowest BCUT2D eigenvalue weighted by Gasteiger charge is -2.19. The third-order valence-electron chi connectivity index (χ3n) is 4.75. The van der Waals surface area contributed by atoms with Crippen LogP contribution in [-0.4, -0.2) is 39.5 Å². The zero-order valence-corrected chi connectivity index (χ0v) is 16.8. The minimum absolute atomic E-state index is 0.0322. The molecule has 1 atom stereocenters. The molecule has 1 unspecified atom stereocenters. The van der Waals surface area contributed by atoms with E-state index in [2.05, 4.69) is 4.99 Å². The molecule has 0 radical (unpaired) electrons. The SMILES string of the molecule is CC(=O)N1C2=N/C(=C\c3ccccc3Cl)C(=O)N2C(=O)C1Cc1ccc(Cl)cc1. The van der Waals surface area contributed by atoms with Gasteiger partial charge in [0.05, 0.1) is 0 Å². The number of hydrogen-bond acceptors (Lipinski definition) is 4. The number of hydrogen-bond donors (Lipinski definition) is 0. The highest BCUT2D eigenvalue weighted by Gasteiger charge is 2.52. The van der Waals surface area contributed by atoms with E-state index < -0.39 is 17.9 Å². The van der Waals surface area contributed by atoms with Crippen LogP contribution in [0.1, 0.15) is 18.1 Å². The summed E-state index contributed by atoms with van der Waals surface area (Å²) in [5.41, 5.74) is 1.47. The van der Waals surface area contributed by atoms with Crippen molar-refractivity contribution < 1.29 is 14.4 Å². The average Bonchev–Trinajstić information content (AvgIpc) is 3.13. The summed E-state index contributed by atoms with van der Waals surface area (Å²) in [7, 11) is 0. The van der Waals surface area contributed by atoms with Gasteiger partial charge in [0.25, 0.3) is 11.8 Å². The maximum atomic E-state index is 13.0. The number of carbonyl (C=O) groups excluding carboxylic acids is 3. The molecule has 29 heavy (non-hydrogen) atoms. The zero-order valence-electron chi connectivity index (χ0n) is 15.3. The Bertz CT molecular complexity index is 1090. The van der Waals surface area contributed by atoms with Crippen LogP contribution >= 0.6 is 23.2 Å². The van der Waals surface area contributed by atoms with Crippen LogP contribution in [0.2, 0.25) is 10.0 Å². The number of aliphatic imine (C=N–C) groups is 1. The fraction of sp³-hybridized carbons (Fsp3) is 0.143. The van der Waals surface area contributed by atoms with Gasteiger partial charge < -0.3 is 0 Å². The van der Waals surface area contributed by atoms with Crippen molar-refractivity contribution >= 4 is 53.0 Å². The van der Waals surface area contributed by atoms with Crippen molar-refractivity contribution in [3.05, 3.63) is 75.4 Å². The number of carbonyl (C=O) groups is 3. The van der Waals surface area contributed by atoms with Crippen molar-refractivity contribution in [2.75, 3.05) is 0 Å². The fourth-order valence-corrected chi connectivity index (χ4v) is 3.70. The summed E-state index contributed by atoms with van der Waals surface area (Å²) in [6, 6.07) is 13.1. The molecule has 3 amide bonds. The van der Waals surface area contributed by atoms with E-state index in [4.69, 9.17) is 23.2 Å². The molecule has 2 aromatic rings. The van der Waals surface area contributed by atoms with Gasteiger partial charge in [0.15, 0.2) is 0 Å². The minimum Gasteiger partial charge on any atom is -0.275 e. The summed E-state index contributed by atoms with van der Waals surface area (Å²) >= 11 is 12.1. The number of halogens is 2. The van der Waals surface area contributed by atoms with Crippen molar-refractivity contribution in [3.63, 3.8) is 0 Å². The highest BCUT2D eigenvalue weighted by atomic mass is 35.5. The van der Waals surface area contributed by atoms with Gasteiger partial charge in [-0.25, -0.2) is 9.89 Å². The molecule has 0 spiro atoms. The molecule has 146 valence electrons. The number of benzene rings is 2. The van der Waals surface area contributed by atoms with E-state index in [0.29, 0.717) is 15.6 Å². The van der Waals surface area contributed by atoms with E-state index in [-0.39, 0.29) is 24.0 Å². The van der Waals surface area contributed by atoms with E-state index in [1.165, 1.54) is 17.9 Å². The summed E-state index contributed by atoms with van der Waals surface area (Å²) in [5.74, 6) is -1.40. The van der Waals surface area contributed by atoms with Crippen LogP contribution in [0, 0.1) is 0 Å². The molecule has 0 aromatic heterocycles. The van der Waals surface area contributed by atoms with Crippen LogP contribution < -0.4 is 0 Å². The molecule has 0 saturated carbocycles. The molecule has 4 rings (SSSR count). The smallest absolute Gasteiger partial charge is 0.275 e. The van der Waals surface area contributed by atoms with Gasteiger partial charge in [0.2, 0.25) is 11.9 Å². The number of nitrogens with zero attached hydrogens (tertiary/aromatic N) is 3. The molecule has 2 aliphatic heterocycles. The molecule has 2 aromatic carbocycles. The average molecular weight is 428 g/mol. The monoisotopic (exact) mass is 427 g/mol. The predicted octanol–water partition coefficient (Wildman–Crippen LogP) is 3.53. The first-order valence-corrected chi connectivity index (χ1v) is 9.60. The van der Waals surface area contributed by atoms with Crippen LogP contribution in [0.15, 0.2) is 59.2 Å². The van der Waals surface area contributed by atoms with Crippen molar-refractivity contribution in [2.45, 2.75) is 19.4 Å². The second kappa shape index (κ2) is 7.46. The molecule has 2 aliphatic rings. The Labute approximate surface area is 177 Å². The lowest BCUT2D eigenvalue weighted by atomic mass is 10.0. The molecule has 0 N–H and O–H groups in total. The second-order valence-electron chi connectivity index (χ2n) is 6.68. The quantitative estimate of drug-likeness (QED) is 0.555. The normalized spacial score (nSPS) is 19.8. The van der Waals surface area contributed by atoms with Crippen LogP contribution in [0.25, 0.3) is 6.08 Å². The fourth-order valence-electron chi connectivity index (χ4n) is 3.39. The lowest BCUT2D eigenvalue weighted by molar-refractivity contribution is -0.138. The second-order valence-corrected chi connectivity index (χ2v) is 7.52. The van der Waals surface area contributed by atoms with Gasteiger partial charge in [0.1, 0.15) is 11.7 Å². The maximum absolute atomic E-state index is 13.0. The Hall–Kier alpha value is -2.96. The highest BCUT2D eigenvalue weighted by molar-refractivity contribution is 6.33. The predicted molar refractivity (Wildman–Crippen MR) is 110 cm³/mol. The Morgan fingerprint density at radius 2 is 1.79 bits per heavy atom. The van der Waals surface area contributed by atoms with Gasteiger partial charge in [-0.1, -0.05) is 53.5 Å². The van der Waals surface area contributed by atoms with Gasteiger partial charge >= 0.3 is 0 Å². The summed E-state index contributed by atoms with van der Waals surface area (Å²) in [6.07, 6.45) is 1.76. The van der Waals surface area contributed by atoms with Gasteiger partial charge in [-0.05, 0) is 35.4 Å². The number of amides is 3. The summed E-state index contributed by atoms with van der Waals surface area (Å²) < 4.78 is 0. The summed E-state index contributed by atoms with van der Waals surface area (Å²) in [4.78, 5) is 44.7. The van der Waals surface area contributed by atoms with Crippen molar-refractivity contribution in [3.8, 4) is 0 Å². The number of imide groups is 1.